The van der Waals surface area contributed by atoms with E-state index in [2.05, 4.69) is 11.4 Å². The van der Waals surface area contributed by atoms with Crippen LogP contribution in [-0.4, -0.2) is 17.9 Å². The summed E-state index contributed by atoms with van der Waals surface area (Å²) < 4.78 is 0. The molecule has 0 bridgehead atoms. The maximum Gasteiger partial charge on any atom is 0.229 e. The van der Waals surface area contributed by atoms with E-state index in [0.29, 0.717) is 5.02 Å². The molecular weight excluding hydrogens is 336 g/mol. The third kappa shape index (κ3) is 3.85. The Morgan fingerprint density at radius 2 is 2.00 bits per heavy atom. The molecule has 2 amide bonds. The minimum atomic E-state index is -0.399. The van der Waals surface area contributed by atoms with Gasteiger partial charge in [-0.05, 0) is 42.7 Å². The van der Waals surface area contributed by atoms with Gasteiger partial charge in [0, 0.05) is 23.7 Å². The van der Waals surface area contributed by atoms with Crippen molar-refractivity contribution in [1.29, 1.82) is 0 Å². The second kappa shape index (κ2) is 7.28. The summed E-state index contributed by atoms with van der Waals surface area (Å²) >= 11 is 6.07. The highest BCUT2D eigenvalue weighted by atomic mass is 35.5. The number of anilines is 1. The number of benzene rings is 2. The van der Waals surface area contributed by atoms with Gasteiger partial charge in [-0.15, -0.1) is 0 Å². The number of para-hydroxylation sites is 1. The van der Waals surface area contributed by atoms with Crippen LogP contribution in [0.4, 0.5) is 5.69 Å². The highest BCUT2D eigenvalue weighted by Gasteiger charge is 2.32. The van der Waals surface area contributed by atoms with E-state index in [0.717, 1.165) is 17.7 Å². The fraction of sp³-hybridized carbons (Fsp3) is 0.300. The Balaban J connectivity index is 1.84. The first kappa shape index (κ1) is 17.5. The summed E-state index contributed by atoms with van der Waals surface area (Å²) in [7, 11) is 0. The monoisotopic (exact) mass is 356 g/mol. The molecule has 0 radical (unpaired) electrons. The molecule has 130 valence electrons. The van der Waals surface area contributed by atoms with E-state index < -0.39 is 6.04 Å². The van der Waals surface area contributed by atoms with Crippen molar-refractivity contribution >= 4 is 29.1 Å². The van der Waals surface area contributed by atoms with E-state index in [-0.39, 0.29) is 24.3 Å². The molecular formula is C20H21ClN2O2. The molecule has 0 fully saturated rings. The zero-order valence-electron chi connectivity index (χ0n) is 14.3. The molecule has 0 aliphatic carbocycles. The fourth-order valence-electron chi connectivity index (χ4n) is 3.44. The summed E-state index contributed by atoms with van der Waals surface area (Å²) in [5, 5.41) is 3.45. The number of amides is 2. The lowest BCUT2D eigenvalue weighted by atomic mass is 10.0. The maximum atomic E-state index is 13.0. The molecule has 4 nitrogen and oxygen atoms in total. The van der Waals surface area contributed by atoms with Gasteiger partial charge in [0.05, 0.1) is 12.5 Å². The summed E-state index contributed by atoms with van der Waals surface area (Å²) in [5.74, 6) is -0.177. The van der Waals surface area contributed by atoms with E-state index in [1.807, 2.05) is 42.2 Å². The van der Waals surface area contributed by atoms with Crippen LogP contribution in [0, 0.1) is 0 Å². The van der Waals surface area contributed by atoms with Crippen molar-refractivity contribution in [3.63, 3.8) is 0 Å². The number of hydrogen-bond donors (Lipinski definition) is 1. The molecule has 0 saturated heterocycles. The van der Waals surface area contributed by atoms with Gasteiger partial charge < -0.3 is 10.2 Å². The van der Waals surface area contributed by atoms with Crippen LogP contribution in [0.2, 0.25) is 5.02 Å². The van der Waals surface area contributed by atoms with Crippen molar-refractivity contribution in [3.05, 3.63) is 64.7 Å². The van der Waals surface area contributed by atoms with Gasteiger partial charge in [0.1, 0.15) is 0 Å². The van der Waals surface area contributed by atoms with Crippen LogP contribution in [0.25, 0.3) is 0 Å². The highest BCUT2D eigenvalue weighted by molar-refractivity contribution is 6.30. The number of nitrogens with zero attached hydrogens (tertiary/aromatic N) is 1. The fourth-order valence-corrected chi connectivity index (χ4v) is 3.64. The van der Waals surface area contributed by atoms with E-state index >= 15 is 0 Å². The van der Waals surface area contributed by atoms with Gasteiger partial charge in [0.2, 0.25) is 11.8 Å². The first-order valence-electron chi connectivity index (χ1n) is 8.38. The minimum absolute atomic E-state index is 0.00354. The lowest BCUT2D eigenvalue weighted by Crippen LogP contribution is -2.39. The Bertz CT molecular complexity index is 806. The van der Waals surface area contributed by atoms with Crippen molar-refractivity contribution in [2.75, 3.05) is 4.90 Å². The summed E-state index contributed by atoms with van der Waals surface area (Å²) in [6.07, 6.45) is 1.04. The zero-order valence-corrected chi connectivity index (χ0v) is 15.1. The molecule has 1 N–H and O–H groups in total. The quantitative estimate of drug-likeness (QED) is 0.903. The Hall–Kier alpha value is -2.33. The van der Waals surface area contributed by atoms with Crippen molar-refractivity contribution < 1.29 is 9.59 Å². The Morgan fingerprint density at radius 1 is 1.24 bits per heavy atom. The van der Waals surface area contributed by atoms with Crippen LogP contribution in [0.1, 0.15) is 37.4 Å². The minimum Gasteiger partial charge on any atom is -0.349 e. The zero-order chi connectivity index (χ0) is 18.0. The largest absolute Gasteiger partial charge is 0.349 e. The molecule has 1 aliphatic heterocycles. The van der Waals surface area contributed by atoms with E-state index in [1.54, 1.807) is 12.1 Å². The molecule has 5 heteroatoms. The van der Waals surface area contributed by atoms with Crippen molar-refractivity contribution in [2.45, 2.75) is 38.8 Å². The van der Waals surface area contributed by atoms with Crippen LogP contribution in [0.15, 0.2) is 48.5 Å². The number of hydrogen-bond acceptors (Lipinski definition) is 2. The van der Waals surface area contributed by atoms with Crippen LogP contribution in [0.3, 0.4) is 0 Å². The van der Waals surface area contributed by atoms with Crippen LogP contribution in [-0.2, 0) is 16.0 Å². The molecule has 2 aromatic carbocycles. The molecule has 3 rings (SSSR count). The molecule has 2 aromatic rings. The lowest BCUT2D eigenvalue weighted by Gasteiger charge is -2.26. The number of halogens is 1. The van der Waals surface area contributed by atoms with Crippen molar-refractivity contribution in [3.8, 4) is 0 Å². The van der Waals surface area contributed by atoms with E-state index in [9.17, 15) is 9.59 Å². The number of carbonyl (C=O) groups excluding carboxylic acids is 2. The van der Waals surface area contributed by atoms with Gasteiger partial charge in [-0.1, -0.05) is 41.9 Å². The standard InChI is InChI=1S/C20H21ClN2O2/c1-13-10-16-6-3-4-9-19(16)23(13)20(25)12-18(22-14(2)24)15-7-5-8-17(21)11-15/h3-9,11,13,18H,10,12H2,1-2H3,(H,22,24). The van der Waals surface area contributed by atoms with E-state index in [1.165, 1.54) is 12.5 Å². The molecule has 2 unspecified atom stereocenters. The van der Waals surface area contributed by atoms with Gasteiger partial charge in [-0.2, -0.15) is 0 Å². The smallest absolute Gasteiger partial charge is 0.229 e. The summed E-state index contributed by atoms with van der Waals surface area (Å²) in [6, 6.07) is 14.9. The van der Waals surface area contributed by atoms with Crippen LogP contribution < -0.4 is 10.2 Å². The second-order valence-electron chi connectivity index (χ2n) is 6.46. The Labute approximate surface area is 152 Å². The maximum absolute atomic E-state index is 13.0. The third-order valence-electron chi connectivity index (χ3n) is 4.48. The van der Waals surface area contributed by atoms with Crippen LogP contribution in [0.5, 0.6) is 0 Å². The predicted molar refractivity (Wildman–Crippen MR) is 99.7 cm³/mol. The van der Waals surface area contributed by atoms with Gasteiger partial charge in [0.15, 0.2) is 0 Å². The Morgan fingerprint density at radius 3 is 2.72 bits per heavy atom. The SMILES string of the molecule is CC(=O)NC(CC(=O)N1c2ccccc2CC1C)c1cccc(Cl)c1. The molecule has 0 saturated carbocycles. The number of rotatable bonds is 4. The van der Waals surface area contributed by atoms with Gasteiger partial charge in [-0.25, -0.2) is 0 Å². The molecule has 0 spiro atoms. The van der Waals surface area contributed by atoms with Gasteiger partial charge >= 0.3 is 0 Å². The van der Waals surface area contributed by atoms with Gasteiger partial charge in [-0.3, -0.25) is 9.59 Å². The summed E-state index contributed by atoms with van der Waals surface area (Å²) in [4.78, 5) is 26.5. The van der Waals surface area contributed by atoms with Crippen LogP contribution >= 0.6 is 11.6 Å². The first-order chi connectivity index (χ1) is 12.0. The normalized spacial score (nSPS) is 17.1. The molecule has 1 heterocycles. The average molecular weight is 357 g/mol. The third-order valence-corrected chi connectivity index (χ3v) is 4.72. The topological polar surface area (TPSA) is 49.4 Å². The first-order valence-corrected chi connectivity index (χ1v) is 8.76. The number of fused-ring (bicyclic) bond motifs is 1. The summed E-state index contributed by atoms with van der Waals surface area (Å²) in [5.41, 5.74) is 2.98. The summed E-state index contributed by atoms with van der Waals surface area (Å²) in [6.45, 7) is 3.50. The average Bonchev–Trinajstić information content (AvgIpc) is 2.89. The second-order valence-corrected chi connectivity index (χ2v) is 6.89. The molecule has 2 atom stereocenters. The van der Waals surface area contributed by atoms with E-state index in [4.69, 9.17) is 11.6 Å². The van der Waals surface area contributed by atoms with Crippen molar-refractivity contribution in [1.82, 2.24) is 5.32 Å². The molecule has 25 heavy (non-hydrogen) atoms. The molecule has 1 aliphatic rings. The lowest BCUT2D eigenvalue weighted by molar-refractivity contribution is -0.121. The predicted octanol–water partition coefficient (Wildman–Crippen LogP) is 3.89. The number of nitrogens with one attached hydrogen (secondary N) is 1. The Kier molecular flexibility index (Phi) is 5.09. The van der Waals surface area contributed by atoms with Crippen molar-refractivity contribution in [2.24, 2.45) is 0 Å². The number of carbonyl (C=O) groups is 2. The molecule has 0 aromatic heterocycles. The van der Waals surface area contributed by atoms with Gasteiger partial charge in [0.25, 0.3) is 0 Å². The highest BCUT2D eigenvalue weighted by Crippen LogP contribution is 2.33.